The molecule has 2 saturated heterocycles. The second-order valence-electron chi connectivity index (χ2n) is 11.2. The molecule has 0 unspecified atom stereocenters. The second-order valence-corrected chi connectivity index (χ2v) is 11.2. The largest absolute Gasteiger partial charge is 0.394 e. The molecule has 2 aliphatic heterocycles. The molecule has 4 heterocycles. The zero-order valence-electron chi connectivity index (χ0n) is 18.6. The van der Waals surface area contributed by atoms with Gasteiger partial charge in [0, 0.05) is 49.9 Å². The number of rotatable bonds is 5. The van der Waals surface area contributed by atoms with Crippen molar-refractivity contribution in [1.82, 2.24) is 35.1 Å². The van der Waals surface area contributed by atoms with Gasteiger partial charge in [0.15, 0.2) is 5.82 Å². The van der Waals surface area contributed by atoms with Gasteiger partial charge in [-0.2, -0.15) is 18.2 Å². The number of nitrogens with one attached hydrogen (secondary N) is 1. The highest BCUT2D eigenvalue weighted by Gasteiger charge is 2.63. The molecule has 2 aromatic rings. The number of halogens is 3. The first kappa shape index (κ1) is 20.7. The van der Waals surface area contributed by atoms with Crippen molar-refractivity contribution in [1.29, 1.82) is 0 Å². The molecule has 0 aromatic carbocycles. The predicted molar refractivity (Wildman–Crippen MR) is 110 cm³/mol. The lowest BCUT2D eigenvalue weighted by atomic mass is 9.57. The molecule has 2 aromatic heterocycles. The quantitative estimate of drug-likeness (QED) is 0.708. The molecule has 2 amide bonds. The average Bonchev–Trinajstić information content (AvgIpc) is 3.58. The molecule has 0 atom stereocenters. The zero-order chi connectivity index (χ0) is 23.3. The number of hydrogen-bond donors (Lipinski definition) is 1. The summed E-state index contributed by atoms with van der Waals surface area (Å²) >= 11 is 0. The summed E-state index contributed by atoms with van der Waals surface area (Å²) in [5.41, 5.74) is -1.48. The minimum Gasteiger partial charge on any atom is -0.339 e. The van der Waals surface area contributed by atoms with Gasteiger partial charge in [-0.15, -0.1) is 10.2 Å². The van der Waals surface area contributed by atoms with Crippen LogP contribution < -0.4 is 0 Å². The van der Waals surface area contributed by atoms with Crippen molar-refractivity contribution in [3.8, 4) is 0 Å². The lowest BCUT2D eigenvalue weighted by molar-refractivity contribution is -0.187. The number of amides is 2. The molecule has 1 spiro atoms. The Labute approximate surface area is 193 Å². The molecular formula is C22H26F3N7O2. The van der Waals surface area contributed by atoms with Gasteiger partial charge in [-0.25, -0.2) is 4.79 Å². The summed E-state index contributed by atoms with van der Waals surface area (Å²) in [5.74, 6) is 3.32. The zero-order valence-corrected chi connectivity index (χ0v) is 18.6. The highest BCUT2D eigenvalue weighted by atomic mass is 19.4. The van der Waals surface area contributed by atoms with E-state index in [1.54, 1.807) is 4.90 Å². The summed E-state index contributed by atoms with van der Waals surface area (Å²) in [5, 5.41) is 12.4. The fraction of sp³-hybridized carbons (Fsp3) is 0.773. The lowest BCUT2D eigenvalue weighted by Crippen LogP contribution is -2.67. The Kier molecular flexibility index (Phi) is 4.09. The van der Waals surface area contributed by atoms with E-state index in [9.17, 15) is 18.0 Å². The van der Waals surface area contributed by atoms with Crippen LogP contribution in [0.25, 0.3) is 0 Å². The van der Waals surface area contributed by atoms with Crippen LogP contribution in [-0.2, 0) is 6.42 Å². The first-order chi connectivity index (χ1) is 16.2. The minimum atomic E-state index is -4.24. The molecule has 182 valence electrons. The Morgan fingerprint density at radius 2 is 1.71 bits per heavy atom. The third-order valence-electron chi connectivity index (χ3n) is 8.49. The molecule has 0 radical (unpaired) electrons. The van der Waals surface area contributed by atoms with Gasteiger partial charge in [-0.1, -0.05) is 5.16 Å². The number of H-pyrrole nitrogens is 1. The SMILES string of the molecule is O=C(N1CC(c2nc(CC3(C(F)(F)F)CC3)no2)C1)N1CC2(CC(c3nnc(C4CC4)[nH]3)C2)C1. The fourth-order valence-corrected chi connectivity index (χ4v) is 5.86. The van der Waals surface area contributed by atoms with Crippen molar-refractivity contribution in [3.63, 3.8) is 0 Å². The number of carbonyl (C=O) groups is 1. The van der Waals surface area contributed by atoms with Crippen LogP contribution >= 0.6 is 0 Å². The van der Waals surface area contributed by atoms with Crippen LogP contribution in [0.5, 0.6) is 0 Å². The second kappa shape index (κ2) is 6.72. The van der Waals surface area contributed by atoms with Gasteiger partial charge in [-0.3, -0.25) is 0 Å². The maximum atomic E-state index is 13.2. The summed E-state index contributed by atoms with van der Waals surface area (Å²) in [6, 6.07) is 0.00903. The first-order valence-electron chi connectivity index (χ1n) is 12.1. The lowest BCUT2D eigenvalue weighted by Gasteiger charge is -2.59. The average molecular weight is 477 g/mol. The topological polar surface area (TPSA) is 104 Å². The van der Waals surface area contributed by atoms with Gasteiger partial charge in [0.25, 0.3) is 0 Å². The summed E-state index contributed by atoms with van der Waals surface area (Å²) in [6.45, 7) is 2.44. The summed E-state index contributed by atoms with van der Waals surface area (Å²) in [6.07, 6.45) is 0.215. The van der Waals surface area contributed by atoms with Crippen molar-refractivity contribution in [2.75, 3.05) is 26.2 Å². The molecule has 7 rings (SSSR count). The van der Waals surface area contributed by atoms with E-state index in [2.05, 4.69) is 25.3 Å². The third kappa shape index (κ3) is 3.24. The van der Waals surface area contributed by atoms with Crippen LogP contribution in [0.3, 0.4) is 0 Å². The minimum absolute atomic E-state index is 0.00903. The molecule has 3 saturated carbocycles. The Morgan fingerprint density at radius 1 is 1.03 bits per heavy atom. The predicted octanol–water partition coefficient (Wildman–Crippen LogP) is 3.35. The van der Waals surface area contributed by atoms with Gasteiger partial charge >= 0.3 is 12.2 Å². The molecule has 9 nitrogen and oxygen atoms in total. The Bertz CT molecular complexity index is 1120. The van der Waals surface area contributed by atoms with E-state index in [4.69, 9.17) is 4.52 Å². The third-order valence-corrected chi connectivity index (χ3v) is 8.49. The number of nitrogens with zero attached hydrogens (tertiary/aromatic N) is 6. The van der Waals surface area contributed by atoms with E-state index < -0.39 is 11.6 Å². The van der Waals surface area contributed by atoms with Crippen LogP contribution in [0.15, 0.2) is 4.52 Å². The van der Waals surface area contributed by atoms with Crippen LogP contribution in [-0.4, -0.2) is 73.5 Å². The number of aromatic amines is 1. The van der Waals surface area contributed by atoms with Gasteiger partial charge in [0.2, 0.25) is 5.89 Å². The number of urea groups is 1. The molecule has 1 N–H and O–H groups in total. The normalized spacial score (nSPS) is 25.7. The summed E-state index contributed by atoms with van der Waals surface area (Å²) < 4.78 is 44.7. The maximum Gasteiger partial charge on any atom is 0.394 e. The molecule has 34 heavy (non-hydrogen) atoms. The van der Waals surface area contributed by atoms with Crippen LogP contribution in [0.2, 0.25) is 0 Å². The van der Waals surface area contributed by atoms with Crippen LogP contribution in [0, 0.1) is 10.8 Å². The van der Waals surface area contributed by atoms with E-state index in [0.717, 1.165) is 37.6 Å². The molecule has 12 heteroatoms. The maximum absolute atomic E-state index is 13.2. The number of carbonyl (C=O) groups excluding carboxylic acids is 1. The van der Waals surface area contributed by atoms with Gasteiger partial charge in [-0.05, 0) is 38.5 Å². The smallest absolute Gasteiger partial charge is 0.339 e. The fourth-order valence-electron chi connectivity index (χ4n) is 5.86. The number of likely N-dealkylation sites (tertiary alicyclic amines) is 2. The summed E-state index contributed by atoms with van der Waals surface area (Å²) in [7, 11) is 0. The van der Waals surface area contributed by atoms with E-state index in [-0.39, 0.29) is 42.5 Å². The molecule has 0 bridgehead atoms. The molecule has 3 aliphatic carbocycles. The van der Waals surface area contributed by atoms with Crippen molar-refractivity contribution in [3.05, 3.63) is 23.4 Å². The molecular weight excluding hydrogens is 451 g/mol. The Morgan fingerprint density at radius 3 is 2.32 bits per heavy atom. The Balaban J connectivity index is 0.877. The standard InChI is InChI=1S/C22H26F3N7O2/c23-22(24,25)21(3-4-21)7-15-26-18(34-30-15)14-8-31(9-14)19(33)32-10-20(11-32)5-13(6-20)17-27-16(28-29-17)12-1-2-12/h12-14H,1-11H2,(H,27,28,29). The van der Waals surface area contributed by atoms with E-state index in [0.29, 0.717) is 30.8 Å². The molecule has 5 aliphatic rings. The van der Waals surface area contributed by atoms with E-state index >= 15 is 0 Å². The number of aromatic nitrogens is 5. The van der Waals surface area contributed by atoms with E-state index in [1.807, 2.05) is 4.90 Å². The van der Waals surface area contributed by atoms with Crippen LogP contribution in [0.1, 0.15) is 79.6 Å². The van der Waals surface area contributed by atoms with Gasteiger partial charge < -0.3 is 19.3 Å². The van der Waals surface area contributed by atoms with E-state index in [1.165, 1.54) is 12.8 Å². The van der Waals surface area contributed by atoms with Crippen LogP contribution in [0.4, 0.5) is 18.0 Å². The monoisotopic (exact) mass is 477 g/mol. The van der Waals surface area contributed by atoms with Gasteiger partial charge in [0.1, 0.15) is 11.6 Å². The molecule has 5 fully saturated rings. The summed E-state index contributed by atoms with van der Waals surface area (Å²) in [4.78, 5) is 24.0. The van der Waals surface area contributed by atoms with Gasteiger partial charge in [0.05, 0.1) is 11.3 Å². The van der Waals surface area contributed by atoms with Crippen molar-refractivity contribution in [2.24, 2.45) is 10.8 Å². The van der Waals surface area contributed by atoms with Crippen molar-refractivity contribution < 1.29 is 22.5 Å². The first-order valence-corrected chi connectivity index (χ1v) is 12.1. The van der Waals surface area contributed by atoms with Crippen molar-refractivity contribution >= 4 is 6.03 Å². The number of alkyl halides is 3. The highest BCUT2D eigenvalue weighted by molar-refractivity contribution is 5.76. The highest BCUT2D eigenvalue weighted by Crippen LogP contribution is 2.59. The Hall–Kier alpha value is -2.66. The van der Waals surface area contributed by atoms with Crippen molar-refractivity contribution in [2.45, 2.75) is 68.9 Å². The number of hydrogen-bond acceptors (Lipinski definition) is 6.